The van der Waals surface area contributed by atoms with Gasteiger partial charge in [0.05, 0.1) is 6.04 Å². The minimum Gasteiger partial charge on any atom is -0.341 e. The summed E-state index contributed by atoms with van der Waals surface area (Å²) in [7, 11) is 0. The van der Waals surface area contributed by atoms with Crippen LogP contribution in [0.25, 0.3) is 0 Å². The molecule has 1 heterocycles. The third-order valence-electron chi connectivity index (χ3n) is 5.31. The van der Waals surface area contributed by atoms with Crippen LogP contribution < -0.4 is 10.2 Å². The van der Waals surface area contributed by atoms with E-state index in [9.17, 15) is 9.59 Å². The van der Waals surface area contributed by atoms with E-state index in [4.69, 9.17) is 0 Å². The second kappa shape index (κ2) is 8.31. The standard InChI is InChI=1S/C25H24N2O2/c1-18-12-14-20(15-13-18)24(19-7-3-2-4-8-19)26-25(29)21-9-5-10-22(17-21)27-16-6-11-23(27)28/h2-5,7-10,12-15,17,24H,6,11,16H2,1H3,(H,26,29). The highest BCUT2D eigenvalue weighted by atomic mass is 16.2. The predicted molar refractivity (Wildman–Crippen MR) is 115 cm³/mol. The summed E-state index contributed by atoms with van der Waals surface area (Å²) in [6.45, 7) is 2.75. The van der Waals surface area contributed by atoms with E-state index >= 15 is 0 Å². The molecule has 29 heavy (non-hydrogen) atoms. The van der Waals surface area contributed by atoms with Crippen molar-refractivity contribution in [2.75, 3.05) is 11.4 Å². The van der Waals surface area contributed by atoms with Gasteiger partial charge in [-0.25, -0.2) is 0 Å². The lowest BCUT2D eigenvalue weighted by molar-refractivity contribution is -0.117. The molecule has 2 amide bonds. The van der Waals surface area contributed by atoms with Gasteiger partial charge in [-0.1, -0.05) is 66.2 Å². The Balaban J connectivity index is 1.61. The quantitative estimate of drug-likeness (QED) is 0.697. The molecule has 4 rings (SSSR count). The van der Waals surface area contributed by atoms with Gasteiger partial charge in [0.1, 0.15) is 0 Å². The number of hydrogen-bond acceptors (Lipinski definition) is 2. The van der Waals surface area contributed by atoms with Gasteiger partial charge in [-0.2, -0.15) is 0 Å². The van der Waals surface area contributed by atoms with Crippen LogP contribution in [0, 0.1) is 6.92 Å². The van der Waals surface area contributed by atoms with Gasteiger partial charge < -0.3 is 10.2 Å². The molecule has 3 aromatic rings. The number of nitrogens with one attached hydrogen (secondary N) is 1. The summed E-state index contributed by atoms with van der Waals surface area (Å²) in [5.41, 5.74) is 4.56. The zero-order valence-electron chi connectivity index (χ0n) is 16.5. The number of nitrogens with zero attached hydrogens (tertiary/aromatic N) is 1. The number of benzene rings is 3. The molecule has 0 radical (unpaired) electrons. The highest BCUT2D eigenvalue weighted by molar-refractivity contribution is 5.99. The molecule has 1 aliphatic rings. The van der Waals surface area contributed by atoms with E-state index in [2.05, 4.69) is 17.4 Å². The molecule has 0 aromatic heterocycles. The smallest absolute Gasteiger partial charge is 0.252 e. The molecule has 3 aromatic carbocycles. The number of rotatable bonds is 5. The topological polar surface area (TPSA) is 49.4 Å². The largest absolute Gasteiger partial charge is 0.341 e. The third kappa shape index (κ3) is 4.21. The van der Waals surface area contributed by atoms with Crippen molar-refractivity contribution in [1.29, 1.82) is 0 Å². The van der Waals surface area contributed by atoms with Gasteiger partial charge in [-0.05, 0) is 42.7 Å². The molecule has 0 saturated carbocycles. The van der Waals surface area contributed by atoms with E-state index in [1.54, 1.807) is 17.0 Å². The van der Waals surface area contributed by atoms with Crippen molar-refractivity contribution in [2.45, 2.75) is 25.8 Å². The first-order chi connectivity index (χ1) is 14.1. The van der Waals surface area contributed by atoms with Crippen molar-refractivity contribution >= 4 is 17.5 Å². The van der Waals surface area contributed by atoms with Gasteiger partial charge in [0, 0.05) is 24.2 Å². The van der Waals surface area contributed by atoms with Crippen molar-refractivity contribution in [3.05, 3.63) is 101 Å². The van der Waals surface area contributed by atoms with Crippen LogP contribution in [-0.4, -0.2) is 18.4 Å². The first-order valence-electron chi connectivity index (χ1n) is 9.94. The predicted octanol–water partition coefficient (Wildman–Crippen LogP) is 4.64. The van der Waals surface area contributed by atoms with E-state index in [1.807, 2.05) is 61.5 Å². The average molecular weight is 384 g/mol. The molecule has 146 valence electrons. The Hall–Kier alpha value is -3.40. The normalized spacial score (nSPS) is 14.7. The van der Waals surface area contributed by atoms with Crippen LogP contribution in [0.5, 0.6) is 0 Å². The Morgan fingerprint density at radius 1 is 0.931 bits per heavy atom. The van der Waals surface area contributed by atoms with E-state index < -0.39 is 0 Å². The fraction of sp³-hybridized carbons (Fsp3) is 0.200. The van der Waals surface area contributed by atoms with Crippen LogP contribution in [0.4, 0.5) is 5.69 Å². The Kier molecular flexibility index (Phi) is 5.43. The second-order valence-corrected chi connectivity index (χ2v) is 7.43. The molecule has 0 spiro atoms. The molecule has 1 aliphatic heterocycles. The highest BCUT2D eigenvalue weighted by Gasteiger charge is 2.23. The Morgan fingerprint density at radius 2 is 1.66 bits per heavy atom. The Bertz CT molecular complexity index is 1010. The highest BCUT2D eigenvalue weighted by Crippen LogP contribution is 2.25. The number of aryl methyl sites for hydroxylation is 1. The van der Waals surface area contributed by atoms with Crippen molar-refractivity contribution < 1.29 is 9.59 Å². The number of hydrogen-bond donors (Lipinski definition) is 1. The lowest BCUT2D eigenvalue weighted by Crippen LogP contribution is -2.30. The van der Waals surface area contributed by atoms with Gasteiger partial charge in [0.25, 0.3) is 5.91 Å². The fourth-order valence-corrected chi connectivity index (χ4v) is 3.71. The summed E-state index contributed by atoms with van der Waals surface area (Å²) >= 11 is 0. The number of carbonyl (C=O) groups is 2. The molecule has 1 N–H and O–H groups in total. The molecule has 1 atom stereocenters. The van der Waals surface area contributed by atoms with E-state index in [1.165, 1.54) is 5.56 Å². The first-order valence-corrected chi connectivity index (χ1v) is 9.94. The molecule has 1 fully saturated rings. The minimum absolute atomic E-state index is 0.115. The van der Waals surface area contributed by atoms with E-state index in [0.717, 1.165) is 23.2 Å². The van der Waals surface area contributed by atoms with Crippen LogP contribution in [0.1, 0.15) is 45.9 Å². The number of carbonyl (C=O) groups excluding carboxylic acids is 2. The molecular weight excluding hydrogens is 360 g/mol. The van der Waals surface area contributed by atoms with Crippen LogP contribution in [0.3, 0.4) is 0 Å². The van der Waals surface area contributed by atoms with Crippen molar-refractivity contribution in [1.82, 2.24) is 5.32 Å². The maximum absolute atomic E-state index is 13.1. The maximum atomic E-state index is 13.1. The van der Waals surface area contributed by atoms with Crippen LogP contribution in [0.15, 0.2) is 78.9 Å². The summed E-state index contributed by atoms with van der Waals surface area (Å²) in [5, 5.41) is 3.17. The van der Waals surface area contributed by atoms with Gasteiger partial charge in [-0.3, -0.25) is 9.59 Å². The van der Waals surface area contributed by atoms with Gasteiger partial charge in [-0.15, -0.1) is 0 Å². The molecule has 0 aliphatic carbocycles. The molecule has 0 bridgehead atoms. The van der Waals surface area contributed by atoms with Crippen molar-refractivity contribution in [2.24, 2.45) is 0 Å². The van der Waals surface area contributed by atoms with Crippen molar-refractivity contribution in [3.8, 4) is 0 Å². The minimum atomic E-state index is -0.249. The SMILES string of the molecule is Cc1ccc(C(NC(=O)c2cccc(N3CCCC3=O)c2)c2ccccc2)cc1. The van der Waals surface area contributed by atoms with Crippen LogP contribution in [0.2, 0.25) is 0 Å². The van der Waals surface area contributed by atoms with Crippen molar-refractivity contribution in [3.63, 3.8) is 0 Å². The molecular formula is C25H24N2O2. The summed E-state index contributed by atoms with van der Waals surface area (Å²) in [6.07, 6.45) is 1.43. The van der Waals surface area contributed by atoms with E-state index in [0.29, 0.717) is 18.5 Å². The zero-order valence-corrected chi connectivity index (χ0v) is 16.5. The molecule has 4 nitrogen and oxygen atoms in total. The van der Waals surface area contributed by atoms with E-state index in [-0.39, 0.29) is 17.9 Å². The van der Waals surface area contributed by atoms with Crippen LogP contribution in [-0.2, 0) is 4.79 Å². The zero-order chi connectivity index (χ0) is 20.2. The number of anilines is 1. The Labute approximate surface area is 171 Å². The van der Waals surface area contributed by atoms with Gasteiger partial charge in [0.15, 0.2) is 0 Å². The average Bonchev–Trinajstić information content (AvgIpc) is 3.19. The van der Waals surface area contributed by atoms with Gasteiger partial charge >= 0.3 is 0 Å². The summed E-state index contributed by atoms with van der Waals surface area (Å²) < 4.78 is 0. The summed E-state index contributed by atoms with van der Waals surface area (Å²) in [6, 6.07) is 25.2. The first kappa shape index (κ1) is 18.9. The number of amides is 2. The van der Waals surface area contributed by atoms with Gasteiger partial charge in [0.2, 0.25) is 5.91 Å². The second-order valence-electron chi connectivity index (χ2n) is 7.43. The summed E-state index contributed by atoms with van der Waals surface area (Å²) in [5.74, 6) is -0.0442. The fourth-order valence-electron chi connectivity index (χ4n) is 3.71. The lowest BCUT2D eigenvalue weighted by Gasteiger charge is -2.21. The maximum Gasteiger partial charge on any atom is 0.252 e. The lowest BCUT2D eigenvalue weighted by atomic mass is 9.97. The summed E-state index contributed by atoms with van der Waals surface area (Å²) in [4.78, 5) is 26.9. The molecule has 1 saturated heterocycles. The molecule has 1 unspecified atom stereocenters. The van der Waals surface area contributed by atoms with Crippen LogP contribution >= 0.6 is 0 Å². The Morgan fingerprint density at radius 3 is 2.34 bits per heavy atom. The third-order valence-corrected chi connectivity index (χ3v) is 5.31. The molecule has 4 heteroatoms. The monoisotopic (exact) mass is 384 g/mol.